The van der Waals surface area contributed by atoms with Crippen LogP contribution < -0.4 is 5.32 Å². The average molecular weight is 407 g/mol. The molecule has 4 aromatic rings. The van der Waals surface area contributed by atoms with Crippen LogP contribution in [0.15, 0.2) is 28.9 Å². The molecule has 0 saturated carbocycles. The molecule has 1 N–H and O–H groups in total. The molecule has 4 heterocycles. The molecule has 0 unspecified atom stereocenters. The number of nitrogens with zero attached hydrogens (tertiary/aromatic N) is 6. The quantitative estimate of drug-likeness (QED) is 0.527. The molecule has 4 rings (SSSR count). The Morgan fingerprint density at radius 3 is 2.67 bits per heavy atom. The van der Waals surface area contributed by atoms with Gasteiger partial charge in [-0.1, -0.05) is 5.16 Å². The summed E-state index contributed by atoms with van der Waals surface area (Å²) >= 11 is 0. The van der Waals surface area contributed by atoms with Gasteiger partial charge >= 0.3 is 0 Å². The van der Waals surface area contributed by atoms with Crippen LogP contribution >= 0.6 is 0 Å². The Morgan fingerprint density at radius 1 is 1.20 bits per heavy atom. The Balaban J connectivity index is 1.65. The number of hydrogen-bond donors (Lipinski definition) is 1. The molecule has 9 nitrogen and oxygen atoms in total. The van der Waals surface area contributed by atoms with Crippen molar-refractivity contribution in [1.82, 2.24) is 35.0 Å². The summed E-state index contributed by atoms with van der Waals surface area (Å²) in [5, 5.41) is 16.6. The number of pyridine rings is 1. The number of aromatic nitrogens is 6. The van der Waals surface area contributed by atoms with E-state index in [0.29, 0.717) is 40.3 Å². The van der Waals surface area contributed by atoms with Gasteiger partial charge in [-0.3, -0.25) is 14.2 Å². The lowest BCUT2D eigenvalue weighted by atomic mass is 10.1. The van der Waals surface area contributed by atoms with Crippen molar-refractivity contribution in [2.75, 3.05) is 0 Å². The largest absolute Gasteiger partial charge is 0.348 e. The van der Waals surface area contributed by atoms with Crippen LogP contribution in [0.1, 0.15) is 41.3 Å². The number of nitrogens with one attached hydrogen (secondary N) is 1. The first-order valence-corrected chi connectivity index (χ1v) is 9.98. The van der Waals surface area contributed by atoms with Gasteiger partial charge in [0, 0.05) is 24.5 Å². The zero-order chi connectivity index (χ0) is 21.4. The molecule has 0 fully saturated rings. The first kappa shape index (κ1) is 19.8. The molecule has 0 radical (unpaired) electrons. The van der Waals surface area contributed by atoms with E-state index in [1.54, 1.807) is 13.0 Å². The molecule has 0 aliphatic rings. The third kappa shape index (κ3) is 3.70. The van der Waals surface area contributed by atoms with Gasteiger partial charge in [0.1, 0.15) is 5.69 Å². The number of amides is 1. The monoisotopic (exact) mass is 407 g/mol. The second kappa shape index (κ2) is 7.74. The van der Waals surface area contributed by atoms with Crippen LogP contribution in [0.3, 0.4) is 0 Å². The van der Waals surface area contributed by atoms with E-state index in [-0.39, 0.29) is 11.9 Å². The third-order valence-corrected chi connectivity index (χ3v) is 5.02. The summed E-state index contributed by atoms with van der Waals surface area (Å²) in [5.74, 6) is -0.209. The van der Waals surface area contributed by atoms with Crippen LogP contribution in [-0.2, 0) is 13.1 Å². The Kier molecular flexibility index (Phi) is 5.11. The Bertz CT molecular complexity index is 1220. The molecule has 1 amide bonds. The van der Waals surface area contributed by atoms with Gasteiger partial charge in [-0.15, -0.1) is 0 Å². The molecular formula is C21H25N7O2. The van der Waals surface area contributed by atoms with Gasteiger partial charge in [-0.2, -0.15) is 10.2 Å². The minimum Gasteiger partial charge on any atom is -0.348 e. The number of aryl methyl sites for hydroxylation is 4. The van der Waals surface area contributed by atoms with Crippen LogP contribution in [0.25, 0.3) is 22.5 Å². The van der Waals surface area contributed by atoms with Crippen molar-refractivity contribution >= 4 is 17.0 Å². The third-order valence-electron chi connectivity index (χ3n) is 5.02. The lowest BCUT2D eigenvalue weighted by Crippen LogP contribution is -2.36. The minimum atomic E-state index is -0.209. The van der Waals surface area contributed by atoms with Crippen molar-refractivity contribution in [3.8, 4) is 11.4 Å². The summed E-state index contributed by atoms with van der Waals surface area (Å²) in [4.78, 5) is 17.7. The Morgan fingerprint density at radius 2 is 2.00 bits per heavy atom. The highest BCUT2D eigenvalue weighted by Gasteiger charge is 2.21. The van der Waals surface area contributed by atoms with Crippen molar-refractivity contribution in [2.24, 2.45) is 0 Å². The molecule has 0 bridgehead atoms. The minimum absolute atomic E-state index is 0.123. The second-order valence-electron chi connectivity index (χ2n) is 7.54. The smallest absolute Gasteiger partial charge is 0.259 e. The molecule has 1 atom stereocenters. The first-order valence-electron chi connectivity index (χ1n) is 9.98. The molecule has 30 heavy (non-hydrogen) atoms. The van der Waals surface area contributed by atoms with E-state index in [9.17, 15) is 4.79 Å². The van der Waals surface area contributed by atoms with Gasteiger partial charge in [0.15, 0.2) is 0 Å². The fourth-order valence-corrected chi connectivity index (χ4v) is 3.55. The van der Waals surface area contributed by atoms with Gasteiger partial charge in [0.2, 0.25) is 0 Å². The molecule has 4 aromatic heterocycles. The molecule has 0 aliphatic carbocycles. The first-order chi connectivity index (χ1) is 14.4. The van der Waals surface area contributed by atoms with E-state index in [1.807, 2.05) is 55.4 Å². The highest BCUT2D eigenvalue weighted by atomic mass is 16.5. The highest BCUT2D eigenvalue weighted by Crippen LogP contribution is 2.26. The average Bonchev–Trinajstić information content (AvgIpc) is 3.40. The fraction of sp³-hybridized carbons (Fsp3) is 0.381. The van der Waals surface area contributed by atoms with Crippen LogP contribution in [0.4, 0.5) is 0 Å². The molecule has 0 saturated heterocycles. The zero-order valence-electron chi connectivity index (χ0n) is 17.8. The van der Waals surface area contributed by atoms with E-state index in [1.165, 1.54) is 0 Å². The normalized spacial score (nSPS) is 12.4. The molecule has 156 valence electrons. The maximum absolute atomic E-state index is 13.2. The SMILES string of the molecule is CCn1ccc(-c2cc(C(=O)N[C@@H](C)Cn3nc(C)cc3C)c3c(C)noc3n2)n1. The number of rotatable bonds is 6. The van der Waals surface area contributed by atoms with Crippen molar-refractivity contribution in [3.63, 3.8) is 0 Å². The summed E-state index contributed by atoms with van der Waals surface area (Å²) in [6, 6.07) is 5.51. The Hall–Kier alpha value is -3.49. The predicted octanol–water partition coefficient (Wildman–Crippen LogP) is 3.05. The van der Waals surface area contributed by atoms with Crippen molar-refractivity contribution in [2.45, 2.75) is 53.8 Å². The summed E-state index contributed by atoms with van der Waals surface area (Å²) in [6.07, 6.45) is 1.88. The second-order valence-corrected chi connectivity index (χ2v) is 7.54. The van der Waals surface area contributed by atoms with Crippen molar-refractivity contribution < 1.29 is 9.32 Å². The highest BCUT2D eigenvalue weighted by molar-refractivity contribution is 6.07. The van der Waals surface area contributed by atoms with Crippen LogP contribution in [0.2, 0.25) is 0 Å². The maximum Gasteiger partial charge on any atom is 0.259 e. The van der Waals surface area contributed by atoms with Gasteiger partial charge in [0.25, 0.3) is 11.6 Å². The number of carbonyl (C=O) groups is 1. The topological polar surface area (TPSA) is 104 Å². The van der Waals surface area contributed by atoms with E-state index in [2.05, 4.69) is 25.7 Å². The molecule has 0 aromatic carbocycles. The summed E-state index contributed by atoms with van der Waals surface area (Å²) in [5.41, 5.74) is 4.69. The van der Waals surface area contributed by atoms with Crippen LogP contribution in [0.5, 0.6) is 0 Å². The van der Waals surface area contributed by atoms with E-state index in [0.717, 1.165) is 17.9 Å². The predicted molar refractivity (Wildman–Crippen MR) is 112 cm³/mol. The van der Waals surface area contributed by atoms with Gasteiger partial charge < -0.3 is 9.84 Å². The summed E-state index contributed by atoms with van der Waals surface area (Å²) < 4.78 is 9.07. The van der Waals surface area contributed by atoms with Crippen LogP contribution in [0, 0.1) is 20.8 Å². The lowest BCUT2D eigenvalue weighted by molar-refractivity contribution is 0.0937. The molecular weight excluding hydrogens is 382 g/mol. The zero-order valence-corrected chi connectivity index (χ0v) is 17.8. The molecule has 9 heteroatoms. The van der Waals surface area contributed by atoms with Gasteiger partial charge in [-0.05, 0) is 52.8 Å². The molecule has 0 aliphatic heterocycles. The van der Waals surface area contributed by atoms with Gasteiger partial charge in [-0.25, -0.2) is 4.98 Å². The summed E-state index contributed by atoms with van der Waals surface area (Å²) in [7, 11) is 0. The number of hydrogen-bond acceptors (Lipinski definition) is 6. The standard InChI is InChI=1S/C21H25N7O2/c1-6-27-8-7-17(25-27)18-10-16(19-15(5)26-30-21(19)23-18)20(29)22-13(3)11-28-14(4)9-12(2)24-28/h7-10,13H,6,11H2,1-5H3,(H,22,29)/t13-/m0/s1. The lowest BCUT2D eigenvalue weighted by Gasteiger charge is -2.15. The van der Waals surface area contributed by atoms with E-state index in [4.69, 9.17) is 4.52 Å². The molecule has 0 spiro atoms. The fourth-order valence-electron chi connectivity index (χ4n) is 3.55. The Labute approximate surface area is 174 Å². The number of fused-ring (bicyclic) bond motifs is 1. The summed E-state index contributed by atoms with van der Waals surface area (Å²) in [6.45, 7) is 11.1. The van der Waals surface area contributed by atoms with E-state index < -0.39 is 0 Å². The van der Waals surface area contributed by atoms with E-state index >= 15 is 0 Å². The van der Waals surface area contributed by atoms with Gasteiger partial charge in [0.05, 0.1) is 34.6 Å². The van der Waals surface area contributed by atoms with Crippen LogP contribution in [-0.4, -0.2) is 41.7 Å². The number of carbonyl (C=O) groups excluding carboxylic acids is 1. The van der Waals surface area contributed by atoms with Crippen molar-refractivity contribution in [3.05, 3.63) is 47.0 Å². The maximum atomic E-state index is 13.2. The van der Waals surface area contributed by atoms with Crippen molar-refractivity contribution in [1.29, 1.82) is 0 Å².